The lowest BCUT2D eigenvalue weighted by Crippen LogP contribution is -2.42. The first-order valence-electron chi connectivity index (χ1n) is 8.29. The number of rotatable bonds is 4. The Bertz CT molecular complexity index is 508. The molecule has 1 aromatic rings. The van der Waals surface area contributed by atoms with Gasteiger partial charge < -0.3 is 15.3 Å². The molecule has 0 bridgehead atoms. The molecule has 22 heavy (non-hydrogen) atoms. The molecule has 0 radical (unpaired) electrons. The number of nitrogens with zero attached hydrogens (tertiary/aromatic N) is 1. The normalized spacial score (nSPS) is 21.5. The fourth-order valence-electron chi connectivity index (χ4n) is 3.22. The molecule has 1 aromatic carbocycles. The number of benzene rings is 1. The van der Waals surface area contributed by atoms with Crippen LogP contribution in [0.2, 0.25) is 0 Å². The molecule has 0 unspecified atom stereocenters. The number of aryl methyl sites for hydroxylation is 2. The third-order valence-electron chi connectivity index (χ3n) is 4.92. The summed E-state index contributed by atoms with van der Waals surface area (Å²) in [5, 5.41) is 12.2. The van der Waals surface area contributed by atoms with Crippen LogP contribution in [0.1, 0.15) is 43.7 Å². The van der Waals surface area contributed by atoms with Crippen LogP contribution in [-0.2, 0) is 6.42 Å². The van der Waals surface area contributed by atoms with Crippen molar-refractivity contribution in [1.29, 1.82) is 0 Å². The van der Waals surface area contributed by atoms with Crippen LogP contribution >= 0.6 is 0 Å². The second-order valence-electron chi connectivity index (χ2n) is 6.39. The first kappa shape index (κ1) is 16.8. The minimum Gasteiger partial charge on any atom is -0.396 e. The third kappa shape index (κ3) is 4.01. The van der Waals surface area contributed by atoms with Crippen molar-refractivity contribution in [2.24, 2.45) is 5.92 Å². The quantitative estimate of drug-likeness (QED) is 0.893. The van der Waals surface area contributed by atoms with Gasteiger partial charge in [0.1, 0.15) is 0 Å². The highest BCUT2D eigenvalue weighted by atomic mass is 16.3. The topological polar surface area (TPSA) is 52.6 Å². The molecule has 2 N–H and O–H groups in total. The Balaban J connectivity index is 1.94. The zero-order valence-electron chi connectivity index (χ0n) is 13.9. The average molecular weight is 304 g/mol. The van der Waals surface area contributed by atoms with Gasteiger partial charge in [0, 0.05) is 25.4 Å². The predicted octanol–water partition coefficient (Wildman–Crippen LogP) is 3.57. The van der Waals surface area contributed by atoms with Crippen molar-refractivity contribution in [3.05, 3.63) is 29.3 Å². The summed E-state index contributed by atoms with van der Waals surface area (Å²) < 4.78 is 0. The van der Waals surface area contributed by atoms with E-state index in [-0.39, 0.29) is 18.7 Å². The average Bonchev–Trinajstić information content (AvgIpc) is 2.55. The Morgan fingerprint density at radius 2 is 2.00 bits per heavy atom. The zero-order valence-corrected chi connectivity index (χ0v) is 13.9. The number of urea groups is 1. The minimum atomic E-state index is -0.0432. The molecule has 0 atom stereocenters. The van der Waals surface area contributed by atoms with E-state index in [1.807, 2.05) is 18.0 Å². The summed E-state index contributed by atoms with van der Waals surface area (Å²) in [6.07, 6.45) is 4.93. The maximum absolute atomic E-state index is 12.4. The maximum Gasteiger partial charge on any atom is 0.321 e. The summed E-state index contributed by atoms with van der Waals surface area (Å²) in [7, 11) is 1.87. The highest BCUT2D eigenvalue weighted by Gasteiger charge is 2.26. The number of carbonyl (C=O) groups excluding carboxylic acids is 1. The van der Waals surface area contributed by atoms with Crippen LogP contribution in [0.5, 0.6) is 0 Å². The van der Waals surface area contributed by atoms with E-state index in [2.05, 4.69) is 31.3 Å². The second kappa shape index (κ2) is 7.63. The molecule has 4 nitrogen and oxygen atoms in total. The lowest BCUT2D eigenvalue weighted by Gasteiger charge is -2.34. The van der Waals surface area contributed by atoms with Crippen LogP contribution in [-0.4, -0.2) is 35.7 Å². The standard InChI is InChI=1S/C18H28N2O2/c1-4-15-11-16(8-5-13(15)2)19-18(22)20(3)17-9-6-14(12-21)7-10-17/h5,8,11,14,17,21H,4,6-7,9-10,12H2,1-3H3,(H,19,22). The van der Waals surface area contributed by atoms with Crippen molar-refractivity contribution in [1.82, 2.24) is 4.90 Å². The van der Waals surface area contributed by atoms with Gasteiger partial charge in [-0.3, -0.25) is 0 Å². The second-order valence-corrected chi connectivity index (χ2v) is 6.39. The van der Waals surface area contributed by atoms with Crippen molar-refractivity contribution >= 4 is 11.7 Å². The van der Waals surface area contributed by atoms with E-state index in [1.165, 1.54) is 11.1 Å². The molecule has 1 aliphatic rings. The van der Waals surface area contributed by atoms with E-state index in [0.717, 1.165) is 37.8 Å². The maximum atomic E-state index is 12.4. The first-order chi connectivity index (χ1) is 10.5. The van der Waals surface area contributed by atoms with Crippen LogP contribution < -0.4 is 5.32 Å². The van der Waals surface area contributed by atoms with Gasteiger partial charge in [-0.05, 0) is 68.2 Å². The van der Waals surface area contributed by atoms with E-state index in [9.17, 15) is 9.90 Å². The van der Waals surface area contributed by atoms with Crippen LogP contribution in [0.25, 0.3) is 0 Å². The largest absolute Gasteiger partial charge is 0.396 e. The van der Waals surface area contributed by atoms with Gasteiger partial charge in [-0.1, -0.05) is 13.0 Å². The van der Waals surface area contributed by atoms with E-state index in [1.54, 1.807) is 0 Å². The van der Waals surface area contributed by atoms with Crippen molar-refractivity contribution < 1.29 is 9.90 Å². The molecule has 0 heterocycles. The van der Waals surface area contributed by atoms with Crippen molar-refractivity contribution in [2.75, 3.05) is 19.0 Å². The summed E-state index contributed by atoms with van der Waals surface area (Å²) in [6, 6.07) is 6.31. The van der Waals surface area contributed by atoms with Gasteiger partial charge in [0.05, 0.1) is 0 Å². The monoisotopic (exact) mass is 304 g/mol. The van der Waals surface area contributed by atoms with Crippen LogP contribution in [0.4, 0.5) is 10.5 Å². The number of anilines is 1. The minimum absolute atomic E-state index is 0.0432. The number of aliphatic hydroxyl groups is 1. The molecule has 4 heteroatoms. The highest BCUT2D eigenvalue weighted by molar-refractivity contribution is 5.89. The van der Waals surface area contributed by atoms with Crippen LogP contribution in [0, 0.1) is 12.8 Å². The number of hydrogen-bond acceptors (Lipinski definition) is 2. The van der Waals surface area contributed by atoms with Gasteiger partial charge in [0.25, 0.3) is 0 Å². The Morgan fingerprint density at radius 1 is 1.32 bits per heavy atom. The molecule has 0 saturated heterocycles. The van der Waals surface area contributed by atoms with Gasteiger partial charge >= 0.3 is 6.03 Å². The zero-order chi connectivity index (χ0) is 16.1. The lowest BCUT2D eigenvalue weighted by molar-refractivity contribution is 0.139. The number of aliphatic hydroxyl groups excluding tert-OH is 1. The van der Waals surface area contributed by atoms with Crippen molar-refractivity contribution in [3.63, 3.8) is 0 Å². The molecule has 0 spiro atoms. The van der Waals surface area contributed by atoms with Crippen LogP contribution in [0.3, 0.4) is 0 Å². The van der Waals surface area contributed by atoms with Crippen molar-refractivity contribution in [2.45, 2.75) is 52.0 Å². The molecular formula is C18H28N2O2. The van der Waals surface area contributed by atoms with Gasteiger partial charge in [-0.25, -0.2) is 4.79 Å². The third-order valence-corrected chi connectivity index (χ3v) is 4.92. The summed E-state index contributed by atoms with van der Waals surface area (Å²) >= 11 is 0. The van der Waals surface area contributed by atoms with E-state index in [0.29, 0.717) is 5.92 Å². The summed E-state index contributed by atoms with van der Waals surface area (Å²) in [6.45, 7) is 4.49. The van der Waals surface area contributed by atoms with Crippen LogP contribution in [0.15, 0.2) is 18.2 Å². The highest BCUT2D eigenvalue weighted by Crippen LogP contribution is 2.27. The molecule has 2 amide bonds. The molecule has 0 aliphatic heterocycles. The molecule has 0 aromatic heterocycles. The summed E-state index contributed by atoms with van der Waals surface area (Å²) in [5.74, 6) is 0.414. The summed E-state index contributed by atoms with van der Waals surface area (Å²) in [4.78, 5) is 14.2. The molecule has 1 aliphatic carbocycles. The van der Waals surface area contributed by atoms with Gasteiger partial charge in [-0.2, -0.15) is 0 Å². The smallest absolute Gasteiger partial charge is 0.321 e. The Hall–Kier alpha value is -1.55. The number of carbonyl (C=O) groups is 1. The van der Waals surface area contributed by atoms with E-state index in [4.69, 9.17) is 0 Å². The van der Waals surface area contributed by atoms with Gasteiger partial charge in [0.15, 0.2) is 0 Å². The number of amides is 2. The number of hydrogen-bond donors (Lipinski definition) is 2. The van der Waals surface area contributed by atoms with E-state index < -0.39 is 0 Å². The molecule has 1 fully saturated rings. The SMILES string of the molecule is CCc1cc(NC(=O)N(C)C2CCC(CO)CC2)ccc1C. The van der Waals surface area contributed by atoms with Crippen molar-refractivity contribution in [3.8, 4) is 0 Å². The fourth-order valence-corrected chi connectivity index (χ4v) is 3.22. The van der Waals surface area contributed by atoms with Gasteiger partial charge in [-0.15, -0.1) is 0 Å². The van der Waals surface area contributed by atoms with Gasteiger partial charge in [0.2, 0.25) is 0 Å². The molecular weight excluding hydrogens is 276 g/mol. The lowest BCUT2D eigenvalue weighted by atomic mass is 9.86. The fraction of sp³-hybridized carbons (Fsp3) is 0.611. The van der Waals surface area contributed by atoms with E-state index >= 15 is 0 Å². The number of nitrogens with one attached hydrogen (secondary N) is 1. The molecule has 1 saturated carbocycles. The molecule has 2 rings (SSSR count). The Kier molecular flexibility index (Phi) is 5.83. The molecule has 122 valence electrons. The Morgan fingerprint density at radius 3 is 2.59 bits per heavy atom. The summed E-state index contributed by atoms with van der Waals surface area (Å²) in [5.41, 5.74) is 3.39. The Labute approximate surface area is 133 Å². The predicted molar refractivity (Wildman–Crippen MR) is 90.2 cm³/mol. The first-order valence-corrected chi connectivity index (χ1v) is 8.29.